The van der Waals surface area contributed by atoms with Gasteiger partial charge in [0, 0.05) is 23.3 Å². The summed E-state index contributed by atoms with van der Waals surface area (Å²) in [5.74, 6) is 0.517. The Balaban J connectivity index is 2.36. The molecule has 90 valence electrons. The van der Waals surface area contributed by atoms with Gasteiger partial charge in [-0.2, -0.15) is 0 Å². The molecule has 0 saturated heterocycles. The van der Waals surface area contributed by atoms with Gasteiger partial charge in [0.1, 0.15) is 6.61 Å². The molecule has 0 N–H and O–H groups in total. The molecular formula is C8H12ClN3O3S. The Kier molecular flexibility index (Phi) is 3.18. The van der Waals surface area contributed by atoms with E-state index in [4.69, 9.17) is 15.4 Å². The van der Waals surface area contributed by atoms with E-state index in [-0.39, 0.29) is 17.8 Å². The fraction of sp³-hybridized carbons (Fsp3) is 0.750. The monoisotopic (exact) mass is 265 g/mol. The van der Waals surface area contributed by atoms with Crippen LogP contribution in [0.25, 0.3) is 0 Å². The molecule has 0 bridgehead atoms. The maximum atomic E-state index is 11.3. The molecule has 1 aromatic heterocycles. The normalized spacial score (nSPS) is 16.6. The van der Waals surface area contributed by atoms with Crippen LogP contribution in [0.1, 0.15) is 31.6 Å². The van der Waals surface area contributed by atoms with Crippen molar-refractivity contribution in [3.8, 4) is 0 Å². The van der Waals surface area contributed by atoms with Gasteiger partial charge >= 0.3 is 0 Å². The average molecular weight is 266 g/mol. The van der Waals surface area contributed by atoms with Crippen LogP contribution in [-0.2, 0) is 20.4 Å². The molecule has 0 aliphatic heterocycles. The van der Waals surface area contributed by atoms with Crippen molar-refractivity contribution in [2.24, 2.45) is 0 Å². The van der Waals surface area contributed by atoms with E-state index < -0.39 is 9.05 Å². The van der Waals surface area contributed by atoms with Gasteiger partial charge in [0.25, 0.3) is 14.2 Å². The van der Waals surface area contributed by atoms with E-state index in [0.29, 0.717) is 12.4 Å². The van der Waals surface area contributed by atoms with Gasteiger partial charge < -0.3 is 4.74 Å². The standard InChI is InChI=1S/C8H12ClN3O3S/c1-2-15-5-7-10-11-8(16(9,13)14)12(7)6-3-4-6/h6H,2-5H2,1H3. The molecule has 2 rings (SSSR count). The van der Waals surface area contributed by atoms with Crippen LogP contribution in [0, 0.1) is 0 Å². The van der Waals surface area contributed by atoms with Gasteiger partial charge in [-0.1, -0.05) is 0 Å². The summed E-state index contributed by atoms with van der Waals surface area (Å²) in [5.41, 5.74) is 0. The SMILES string of the molecule is CCOCc1nnc(S(=O)(=O)Cl)n1C1CC1. The molecule has 0 radical (unpaired) electrons. The summed E-state index contributed by atoms with van der Waals surface area (Å²) in [6.07, 6.45) is 1.85. The summed E-state index contributed by atoms with van der Waals surface area (Å²) in [5, 5.41) is 7.25. The molecule has 1 aromatic rings. The number of hydrogen-bond acceptors (Lipinski definition) is 5. The third-order valence-electron chi connectivity index (χ3n) is 2.30. The molecule has 1 aliphatic carbocycles. The van der Waals surface area contributed by atoms with Gasteiger partial charge in [-0.25, -0.2) is 8.42 Å². The number of nitrogens with zero attached hydrogens (tertiary/aromatic N) is 3. The highest BCUT2D eigenvalue weighted by Crippen LogP contribution is 2.38. The summed E-state index contributed by atoms with van der Waals surface area (Å²) < 4.78 is 29.3. The fourth-order valence-electron chi connectivity index (χ4n) is 1.46. The van der Waals surface area contributed by atoms with E-state index in [1.807, 2.05) is 6.92 Å². The Morgan fingerprint density at radius 2 is 2.19 bits per heavy atom. The van der Waals surface area contributed by atoms with Gasteiger partial charge in [0.15, 0.2) is 5.82 Å². The van der Waals surface area contributed by atoms with Crippen LogP contribution < -0.4 is 0 Å². The summed E-state index contributed by atoms with van der Waals surface area (Å²) >= 11 is 0. The molecule has 0 spiro atoms. The third-order valence-corrected chi connectivity index (χ3v) is 3.43. The van der Waals surface area contributed by atoms with Crippen molar-refractivity contribution >= 4 is 19.7 Å². The number of ether oxygens (including phenoxy) is 1. The molecule has 1 heterocycles. The van der Waals surface area contributed by atoms with Crippen molar-refractivity contribution < 1.29 is 13.2 Å². The summed E-state index contributed by atoms with van der Waals surface area (Å²) in [4.78, 5) is 0. The van der Waals surface area contributed by atoms with E-state index in [0.717, 1.165) is 12.8 Å². The first-order valence-corrected chi connectivity index (χ1v) is 7.31. The molecule has 0 unspecified atom stereocenters. The molecule has 1 saturated carbocycles. The smallest absolute Gasteiger partial charge is 0.296 e. The zero-order valence-corrected chi connectivity index (χ0v) is 10.3. The van der Waals surface area contributed by atoms with E-state index in [9.17, 15) is 8.42 Å². The van der Waals surface area contributed by atoms with E-state index in [2.05, 4.69) is 10.2 Å². The first-order valence-electron chi connectivity index (χ1n) is 5.00. The predicted molar refractivity (Wildman–Crippen MR) is 56.7 cm³/mol. The van der Waals surface area contributed by atoms with E-state index in [1.165, 1.54) is 0 Å². The lowest BCUT2D eigenvalue weighted by Gasteiger charge is -2.06. The third kappa shape index (κ3) is 2.36. The molecule has 16 heavy (non-hydrogen) atoms. The van der Waals surface area contributed by atoms with Gasteiger partial charge in [0.2, 0.25) is 0 Å². The lowest BCUT2D eigenvalue weighted by Crippen LogP contribution is -2.09. The minimum atomic E-state index is -3.84. The molecule has 0 atom stereocenters. The fourth-order valence-corrected chi connectivity index (χ4v) is 2.41. The van der Waals surface area contributed by atoms with Crippen LogP contribution in [-0.4, -0.2) is 29.8 Å². The number of hydrogen-bond donors (Lipinski definition) is 0. The minimum absolute atomic E-state index is 0.147. The number of aromatic nitrogens is 3. The maximum Gasteiger partial charge on any atom is 0.296 e. The van der Waals surface area contributed by atoms with Crippen LogP contribution in [0.2, 0.25) is 0 Å². The van der Waals surface area contributed by atoms with E-state index >= 15 is 0 Å². The first-order chi connectivity index (χ1) is 7.54. The van der Waals surface area contributed by atoms with Gasteiger partial charge in [-0.05, 0) is 19.8 Å². The van der Waals surface area contributed by atoms with Crippen molar-refractivity contribution in [1.29, 1.82) is 0 Å². The van der Waals surface area contributed by atoms with Gasteiger partial charge in [0.05, 0.1) is 0 Å². The van der Waals surface area contributed by atoms with Crippen LogP contribution in [0.3, 0.4) is 0 Å². The second-order valence-corrected chi connectivity index (χ2v) is 6.03. The van der Waals surface area contributed by atoms with E-state index in [1.54, 1.807) is 4.57 Å². The van der Waals surface area contributed by atoms with Crippen molar-refractivity contribution in [3.63, 3.8) is 0 Å². The van der Waals surface area contributed by atoms with Crippen molar-refractivity contribution in [2.75, 3.05) is 6.61 Å². The molecular weight excluding hydrogens is 254 g/mol. The molecule has 0 aromatic carbocycles. The number of halogens is 1. The Bertz CT molecular complexity index is 481. The Labute approximate surface area is 98.0 Å². The highest BCUT2D eigenvalue weighted by Gasteiger charge is 2.33. The van der Waals surface area contributed by atoms with Gasteiger partial charge in [-0.3, -0.25) is 4.57 Å². The molecule has 0 amide bonds. The molecule has 6 nitrogen and oxygen atoms in total. The second kappa shape index (κ2) is 4.31. The Morgan fingerprint density at radius 1 is 1.50 bits per heavy atom. The highest BCUT2D eigenvalue weighted by molar-refractivity contribution is 8.13. The topological polar surface area (TPSA) is 74.1 Å². The summed E-state index contributed by atoms with van der Waals surface area (Å²) in [6.45, 7) is 2.66. The van der Waals surface area contributed by atoms with Crippen LogP contribution in [0.4, 0.5) is 0 Å². The lowest BCUT2D eigenvalue weighted by atomic mass is 10.5. The van der Waals surface area contributed by atoms with Crippen LogP contribution in [0.5, 0.6) is 0 Å². The lowest BCUT2D eigenvalue weighted by molar-refractivity contribution is 0.125. The van der Waals surface area contributed by atoms with Crippen LogP contribution >= 0.6 is 10.7 Å². The number of rotatable bonds is 5. The van der Waals surface area contributed by atoms with Crippen molar-refractivity contribution in [2.45, 2.75) is 37.6 Å². The van der Waals surface area contributed by atoms with Crippen molar-refractivity contribution in [3.05, 3.63) is 5.82 Å². The quantitative estimate of drug-likeness (QED) is 0.745. The van der Waals surface area contributed by atoms with Crippen LogP contribution in [0.15, 0.2) is 5.16 Å². The minimum Gasteiger partial charge on any atom is -0.374 e. The molecule has 1 aliphatic rings. The molecule has 8 heteroatoms. The zero-order valence-electron chi connectivity index (χ0n) is 8.76. The Morgan fingerprint density at radius 3 is 2.69 bits per heavy atom. The summed E-state index contributed by atoms with van der Waals surface area (Å²) in [6, 6.07) is 0.147. The van der Waals surface area contributed by atoms with Crippen molar-refractivity contribution in [1.82, 2.24) is 14.8 Å². The second-order valence-electron chi connectivity index (χ2n) is 3.57. The molecule has 1 fully saturated rings. The maximum absolute atomic E-state index is 11.3. The average Bonchev–Trinajstić information content (AvgIpc) is 2.94. The highest BCUT2D eigenvalue weighted by atomic mass is 35.7. The van der Waals surface area contributed by atoms with Gasteiger partial charge in [-0.15, -0.1) is 10.2 Å². The zero-order chi connectivity index (χ0) is 11.8. The first kappa shape index (κ1) is 11.8. The summed E-state index contributed by atoms with van der Waals surface area (Å²) in [7, 11) is 1.45. The largest absolute Gasteiger partial charge is 0.374 e. The predicted octanol–water partition coefficient (Wildman–Crippen LogP) is 1.08. The Hall–Kier alpha value is -0.660.